The first-order chi connectivity index (χ1) is 10.2. The van der Waals surface area contributed by atoms with Gasteiger partial charge in [-0.15, -0.1) is 0 Å². The van der Waals surface area contributed by atoms with Gasteiger partial charge < -0.3 is 9.32 Å². The van der Waals surface area contributed by atoms with Crippen LogP contribution in [0.4, 0.5) is 0 Å². The Hall–Kier alpha value is -1.75. The highest BCUT2D eigenvalue weighted by atomic mass is 32.2. The van der Waals surface area contributed by atoms with Crippen LogP contribution in [-0.2, 0) is 0 Å². The number of amides is 1. The summed E-state index contributed by atoms with van der Waals surface area (Å²) < 4.78 is 5.26. The van der Waals surface area contributed by atoms with Gasteiger partial charge in [-0.25, -0.2) is 4.98 Å². The number of hydrogen-bond acceptors (Lipinski definition) is 4. The summed E-state index contributed by atoms with van der Waals surface area (Å²) in [6, 6.07) is 7.80. The van der Waals surface area contributed by atoms with Crippen molar-refractivity contribution in [2.75, 3.05) is 12.3 Å². The summed E-state index contributed by atoms with van der Waals surface area (Å²) in [7, 11) is 0. The van der Waals surface area contributed by atoms with Crippen LogP contribution >= 0.6 is 11.8 Å². The van der Waals surface area contributed by atoms with E-state index in [4.69, 9.17) is 4.42 Å². The van der Waals surface area contributed by atoms with Crippen LogP contribution in [0.1, 0.15) is 24.2 Å². The fraction of sp³-hybridized carbons (Fsp3) is 0.375. The third kappa shape index (κ3) is 2.83. The second-order valence-corrected chi connectivity index (χ2v) is 6.74. The standard InChI is InChI=1S/C16H18N2O2S/c1-11-12(2)21-8-7-18(11)16(19)14-5-3-13(4-6-14)15-9-17-10-20-15/h3-6,9-12H,7-8H2,1-2H3/t11-,12-/m1/s1. The molecule has 5 heteroatoms. The third-order valence-corrected chi connectivity index (χ3v) is 5.33. The Morgan fingerprint density at radius 2 is 2.10 bits per heavy atom. The SMILES string of the molecule is C[C@@H]1[C@@H](C)SCCN1C(=O)c1ccc(-c2cnco2)cc1. The summed E-state index contributed by atoms with van der Waals surface area (Å²) in [4.78, 5) is 18.5. The summed E-state index contributed by atoms with van der Waals surface area (Å²) in [5.41, 5.74) is 1.66. The Labute approximate surface area is 128 Å². The lowest BCUT2D eigenvalue weighted by molar-refractivity contribution is 0.0698. The molecule has 21 heavy (non-hydrogen) atoms. The quantitative estimate of drug-likeness (QED) is 0.854. The largest absolute Gasteiger partial charge is 0.444 e. The minimum absolute atomic E-state index is 0.110. The topological polar surface area (TPSA) is 46.3 Å². The summed E-state index contributed by atoms with van der Waals surface area (Å²) >= 11 is 1.93. The number of thioether (sulfide) groups is 1. The molecular weight excluding hydrogens is 284 g/mol. The maximum atomic E-state index is 12.6. The van der Waals surface area contributed by atoms with Gasteiger partial charge in [-0.2, -0.15) is 11.8 Å². The summed E-state index contributed by atoms with van der Waals surface area (Å²) in [5, 5.41) is 0.483. The van der Waals surface area contributed by atoms with Gasteiger partial charge in [0.25, 0.3) is 5.91 Å². The van der Waals surface area contributed by atoms with Crippen molar-refractivity contribution in [2.24, 2.45) is 0 Å². The molecule has 1 amide bonds. The molecule has 1 aromatic carbocycles. The average Bonchev–Trinajstić information content (AvgIpc) is 3.04. The van der Waals surface area contributed by atoms with Gasteiger partial charge >= 0.3 is 0 Å². The lowest BCUT2D eigenvalue weighted by Gasteiger charge is -2.37. The van der Waals surface area contributed by atoms with Crippen molar-refractivity contribution in [3.8, 4) is 11.3 Å². The van der Waals surface area contributed by atoms with E-state index in [9.17, 15) is 4.79 Å². The van der Waals surface area contributed by atoms with E-state index in [1.165, 1.54) is 6.39 Å². The minimum Gasteiger partial charge on any atom is -0.444 e. The van der Waals surface area contributed by atoms with E-state index in [2.05, 4.69) is 18.8 Å². The number of nitrogens with zero attached hydrogens (tertiary/aromatic N) is 2. The second-order valence-electron chi connectivity index (χ2n) is 5.26. The smallest absolute Gasteiger partial charge is 0.254 e. The predicted molar refractivity (Wildman–Crippen MR) is 84.4 cm³/mol. The fourth-order valence-electron chi connectivity index (χ4n) is 2.52. The molecule has 0 N–H and O–H groups in total. The first-order valence-corrected chi connectivity index (χ1v) is 8.13. The van der Waals surface area contributed by atoms with E-state index in [-0.39, 0.29) is 11.9 Å². The van der Waals surface area contributed by atoms with Gasteiger partial charge in [-0.05, 0) is 19.1 Å². The number of carbonyl (C=O) groups is 1. The number of benzene rings is 1. The number of aromatic nitrogens is 1. The average molecular weight is 302 g/mol. The van der Waals surface area contributed by atoms with Gasteiger partial charge in [0, 0.05) is 34.7 Å². The van der Waals surface area contributed by atoms with Gasteiger partial charge in [0.1, 0.15) is 0 Å². The molecule has 2 atom stereocenters. The Bertz CT molecular complexity index is 610. The Morgan fingerprint density at radius 1 is 1.33 bits per heavy atom. The van der Waals surface area contributed by atoms with Crippen LogP contribution in [0.3, 0.4) is 0 Å². The van der Waals surface area contributed by atoms with Crippen molar-refractivity contribution in [3.63, 3.8) is 0 Å². The van der Waals surface area contributed by atoms with Gasteiger partial charge in [-0.3, -0.25) is 4.79 Å². The van der Waals surface area contributed by atoms with Crippen LogP contribution in [0.25, 0.3) is 11.3 Å². The van der Waals surface area contributed by atoms with Crippen molar-refractivity contribution in [3.05, 3.63) is 42.4 Å². The molecule has 1 aliphatic heterocycles. The lowest BCUT2D eigenvalue weighted by atomic mass is 10.1. The van der Waals surface area contributed by atoms with E-state index in [0.29, 0.717) is 11.0 Å². The molecule has 0 radical (unpaired) electrons. The van der Waals surface area contributed by atoms with Crippen molar-refractivity contribution in [2.45, 2.75) is 25.1 Å². The molecule has 3 rings (SSSR count). The molecule has 4 nitrogen and oxygen atoms in total. The molecule has 0 spiro atoms. The maximum Gasteiger partial charge on any atom is 0.254 e. The van der Waals surface area contributed by atoms with E-state index in [1.54, 1.807) is 6.20 Å². The highest BCUT2D eigenvalue weighted by Crippen LogP contribution is 2.26. The van der Waals surface area contributed by atoms with Crippen LogP contribution in [0.15, 0.2) is 41.3 Å². The van der Waals surface area contributed by atoms with Gasteiger partial charge in [0.05, 0.1) is 6.20 Å². The molecule has 110 valence electrons. The van der Waals surface area contributed by atoms with Gasteiger partial charge in [0.15, 0.2) is 12.2 Å². The predicted octanol–water partition coefficient (Wildman–Crippen LogP) is 3.31. The highest BCUT2D eigenvalue weighted by molar-refractivity contribution is 8.00. The molecule has 0 saturated carbocycles. The summed E-state index contributed by atoms with van der Waals surface area (Å²) in [6.45, 7) is 5.12. The van der Waals surface area contributed by atoms with E-state index < -0.39 is 0 Å². The lowest BCUT2D eigenvalue weighted by Crippen LogP contribution is -2.47. The van der Waals surface area contributed by atoms with Crippen molar-refractivity contribution >= 4 is 17.7 Å². The molecule has 2 aromatic rings. The zero-order chi connectivity index (χ0) is 14.8. The van der Waals surface area contributed by atoms with Crippen LogP contribution in [0, 0.1) is 0 Å². The van der Waals surface area contributed by atoms with E-state index in [1.807, 2.05) is 40.9 Å². The van der Waals surface area contributed by atoms with Crippen molar-refractivity contribution in [1.82, 2.24) is 9.88 Å². The highest BCUT2D eigenvalue weighted by Gasteiger charge is 2.29. The normalized spacial score (nSPS) is 22.3. The maximum absolute atomic E-state index is 12.6. The molecular formula is C16H18N2O2S. The molecule has 1 aliphatic rings. The summed E-state index contributed by atoms with van der Waals surface area (Å²) in [6.07, 6.45) is 3.07. The zero-order valence-corrected chi connectivity index (χ0v) is 13.0. The number of carbonyl (C=O) groups excluding carboxylic acids is 1. The number of hydrogen-bond donors (Lipinski definition) is 0. The van der Waals surface area contributed by atoms with Crippen molar-refractivity contribution < 1.29 is 9.21 Å². The molecule has 0 unspecified atom stereocenters. The van der Waals surface area contributed by atoms with E-state index in [0.717, 1.165) is 23.4 Å². The first-order valence-electron chi connectivity index (χ1n) is 7.08. The third-order valence-electron chi connectivity index (χ3n) is 3.99. The van der Waals surface area contributed by atoms with Crippen molar-refractivity contribution in [1.29, 1.82) is 0 Å². The Balaban J connectivity index is 1.79. The molecule has 0 aliphatic carbocycles. The van der Waals surface area contributed by atoms with Crippen LogP contribution in [0.5, 0.6) is 0 Å². The van der Waals surface area contributed by atoms with Crippen LogP contribution in [-0.4, -0.2) is 39.4 Å². The molecule has 1 saturated heterocycles. The molecule has 2 heterocycles. The first kappa shape index (κ1) is 14.2. The van der Waals surface area contributed by atoms with Crippen LogP contribution < -0.4 is 0 Å². The number of rotatable bonds is 2. The minimum atomic E-state index is 0.110. The van der Waals surface area contributed by atoms with Crippen LogP contribution in [0.2, 0.25) is 0 Å². The zero-order valence-electron chi connectivity index (χ0n) is 12.2. The monoisotopic (exact) mass is 302 g/mol. The molecule has 1 aromatic heterocycles. The second kappa shape index (κ2) is 5.93. The van der Waals surface area contributed by atoms with Gasteiger partial charge in [-0.1, -0.05) is 19.1 Å². The van der Waals surface area contributed by atoms with E-state index >= 15 is 0 Å². The Morgan fingerprint density at radius 3 is 2.76 bits per heavy atom. The number of oxazole rings is 1. The fourth-order valence-corrected chi connectivity index (χ4v) is 3.62. The molecule has 1 fully saturated rings. The summed E-state index contributed by atoms with van der Waals surface area (Å²) in [5.74, 6) is 1.83. The molecule has 0 bridgehead atoms. The Kier molecular flexibility index (Phi) is 4.01. The van der Waals surface area contributed by atoms with Gasteiger partial charge in [0.2, 0.25) is 0 Å².